The Hall–Kier alpha value is -4.14. The molecule has 9 nitrogen and oxygen atoms in total. The first-order valence-corrected chi connectivity index (χ1v) is 11.6. The van der Waals surface area contributed by atoms with Crippen molar-refractivity contribution >= 4 is 39.5 Å². The van der Waals surface area contributed by atoms with Gasteiger partial charge in [0.15, 0.2) is 5.58 Å². The van der Waals surface area contributed by atoms with Crippen LogP contribution in [-0.4, -0.2) is 46.5 Å². The lowest BCUT2D eigenvalue weighted by Gasteiger charge is -2.26. The van der Waals surface area contributed by atoms with Crippen molar-refractivity contribution in [3.8, 4) is 5.75 Å². The van der Waals surface area contributed by atoms with Crippen molar-refractivity contribution in [3.63, 3.8) is 0 Å². The standard InChI is InChI=1S/C26H26N4O5/c1-16-20(13-17-12-19(34-2)7-8-21(17)27-16)25(32)28-18-6-9-23-22(14-18)30(26(33)35-23)15-24(31)29-10-4-3-5-11-29/h6-9,12-14H,3-5,10-11,15H2,1-2H3,(H,28,32). The molecule has 0 saturated carbocycles. The number of amides is 2. The van der Waals surface area contributed by atoms with Gasteiger partial charge in [0.25, 0.3) is 5.91 Å². The minimum absolute atomic E-state index is 0.0984. The summed E-state index contributed by atoms with van der Waals surface area (Å²) in [6.45, 7) is 3.09. The number of hydrogen-bond acceptors (Lipinski definition) is 6. The van der Waals surface area contributed by atoms with Crippen LogP contribution in [0, 0.1) is 6.92 Å². The van der Waals surface area contributed by atoms with Crippen LogP contribution >= 0.6 is 0 Å². The highest BCUT2D eigenvalue weighted by atomic mass is 16.5. The minimum Gasteiger partial charge on any atom is -0.497 e. The smallest absolute Gasteiger partial charge is 0.420 e. The lowest BCUT2D eigenvalue weighted by Crippen LogP contribution is -2.39. The number of piperidine rings is 1. The van der Waals surface area contributed by atoms with Crippen molar-refractivity contribution in [3.05, 3.63) is 64.3 Å². The van der Waals surface area contributed by atoms with Gasteiger partial charge in [0.2, 0.25) is 5.91 Å². The Balaban J connectivity index is 1.42. The summed E-state index contributed by atoms with van der Waals surface area (Å²) in [7, 11) is 1.59. The van der Waals surface area contributed by atoms with E-state index < -0.39 is 5.76 Å². The van der Waals surface area contributed by atoms with Gasteiger partial charge in [-0.1, -0.05) is 0 Å². The summed E-state index contributed by atoms with van der Waals surface area (Å²) >= 11 is 0. The van der Waals surface area contributed by atoms with Gasteiger partial charge in [0.05, 0.1) is 29.4 Å². The number of hydrogen-bond donors (Lipinski definition) is 1. The number of aryl methyl sites for hydroxylation is 1. The maximum atomic E-state index is 13.1. The summed E-state index contributed by atoms with van der Waals surface area (Å²) in [4.78, 5) is 44.6. The van der Waals surface area contributed by atoms with Gasteiger partial charge < -0.3 is 19.4 Å². The number of rotatable bonds is 5. The molecule has 2 amide bonds. The molecular weight excluding hydrogens is 448 g/mol. The van der Waals surface area contributed by atoms with Gasteiger partial charge in [-0.2, -0.15) is 0 Å². The van der Waals surface area contributed by atoms with E-state index in [0.717, 1.165) is 30.2 Å². The quantitative estimate of drug-likeness (QED) is 0.472. The van der Waals surface area contributed by atoms with Crippen molar-refractivity contribution in [2.24, 2.45) is 0 Å². The van der Waals surface area contributed by atoms with E-state index in [-0.39, 0.29) is 18.4 Å². The van der Waals surface area contributed by atoms with Gasteiger partial charge in [-0.15, -0.1) is 0 Å². The Bertz CT molecular complexity index is 1500. The van der Waals surface area contributed by atoms with Crippen molar-refractivity contribution in [1.29, 1.82) is 0 Å². The molecule has 1 aliphatic rings. The second-order valence-electron chi connectivity index (χ2n) is 8.71. The molecule has 0 radical (unpaired) electrons. The molecule has 1 N–H and O–H groups in total. The van der Waals surface area contributed by atoms with Crippen molar-refractivity contribution in [2.75, 3.05) is 25.5 Å². The number of ether oxygens (including phenoxy) is 1. The molecular formula is C26H26N4O5. The molecule has 0 atom stereocenters. The van der Waals surface area contributed by atoms with Gasteiger partial charge in [0, 0.05) is 24.2 Å². The van der Waals surface area contributed by atoms with Gasteiger partial charge in [-0.3, -0.25) is 19.1 Å². The maximum Gasteiger partial charge on any atom is 0.420 e. The van der Waals surface area contributed by atoms with E-state index >= 15 is 0 Å². The number of aromatic nitrogens is 2. The van der Waals surface area contributed by atoms with Crippen molar-refractivity contribution in [1.82, 2.24) is 14.5 Å². The Kier molecular flexibility index (Phi) is 5.98. The fraction of sp³-hybridized carbons (Fsp3) is 0.308. The molecule has 0 aliphatic carbocycles. The number of carbonyl (C=O) groups is 2. The monoisotopic (exact) mass is 474 g/mol. The van der Waals surface area contributed by atoms with E-state index in [2.05, 4.69) is 10.3 Å². The SMILES string of the molecule is COc1ccc2nc(C)c(C(=O)Nc3ccc4oc(=O)n(CC(=O)N5CCCCC5)c4c3)cc2c1. The molecule has 1 aliphatic heterocycles. The van der Waals surface area contributed by atoms with E-state index in [4.69, 9.17) is 9.15 Å². The number of pyridine rings is 1. The second-order valence-corrected chi connectivity index (χ2v) is 8.71. The number of nitrogens with one attached hydrogen (secondary N) is 1. The van der Waals surface area contributed by atoms with Crippen LogP contribution in [0.3, 0.4) is 0 Å². The zero-order valence-electron chi connectivity index (χ0n) is 19.7. The van der Waals surface area contributed by atoms with Gasteiger partial charge >= 0.3 is 5.76 Å². The maximum absolute atomic E-state index is 13.1. The van der Waals surface area contributed by atoms with Gasteiger partial charge in [0.1, 0.15) is 12.3 Å². The van der Waals surface area contributed by atoms with Crippen LogP contribution in [0.4, 0.5) is 5.69 Å². The van der Waals surface area contributed by atoms with Crippen LogP contribution in [0.25, 0.3) is 22.0 Å². The molecule has 2 aromatic heterocycles. The van der Waals surface area contributed by atoms with E-state index in [9.17, 15) is 14.4 Å². The van der Waals surface area contributed by atoms with Gasteiger partial charge in [-0.25, -0.2) is 4.79 Å². The molecule has 0 unspecified atom stereocenters. The summed E-state index contributed by atoms with van der Waals surface area (Å²) < 4.78 is 11.9. The van der Waals surface area contributed by atoms with Crippen LogP contribution in [0.5, 0.6) is 5.75 Å². The van der Waals surface area contributed by atoms with E-state index in [1.165, 1.54) is 4.57 Å². The van der Waals surface area contributed by atoms with Crippen molar-refractivity contribution in [2.45, 2.75) is 32.7 Å². The number of methoxy groups -OCH3 is 1. The zero-order chi connectivity index (χ0) is 24.5. The third-order valence-electron chi connectivity index (χ3n) is 6.38. The first-order chi connectivity index (χ1) is 16.9. The fourth-order valence-corrected chi connectivity index (χ4v) is 4.47. The molecule has 35 heavy (non-hydrogen) atoms. The van der Waals surface area contributed by atoms with Crippen LogP contribution < -0.4 is 15.8 Å². The van der Waals surface area contributed by atoms with Gasteiger partial charge in [-0.05, 0) is 68.7 Å². The average Bonchev–Trinajstić information content (AvgIpc) is 3.17. The summed E-state index contributed by atoms with van der Waals surface area (Å²) in [5.41, 5.74) is 3.07. The number of benzene rings is 2. The topological polar surface area (TPSA) is 107 Å². The fourth-order valence-electron chi connectivity index (χ4n) is 4.47. The average molecular weight is 475 g/mol. The number of carbonyl (C=O) groups excluding carboxylic acids is 2. The number of oxazole rings is 1. The third-order valence-corrected chi connectivity index (χ3v) is 6.38. The molecule has 4 aromatic rings. The zero-order valence-corrected chi connectivity index (χ0v) is 19.7. The normalized spacial score (nSPS) is 13.8. The number of anilines is 1. The summed E-state index contributed by atoms with van der Waals surface area (Å²) in [5, 5.41) is 3.66. The Morgan fingerprint density at radius 2 is 1.89 bits per heavy atom. The lowest BCUT2D eigenvalue weighted by molar-refractivity contribution is -0.132. The largest absolute Gasteiger partial charge is 0.497 e. The predicted octanol–water partition coefficient (Wildman–Crippen LogP) is 3.72. The Morgan fingerprint density at radius 3 is 2.66 bits per heavy atom. The third kappa shape index (κ3) is 4.49. The molecule has 5 rings (SSSR count). The summed E-state index contributed by atoms with van der Waals surface area (Å²) in [6.07, 6.45) is 3.05. The van der Waals surface area contributed by atoms with Crippen molar-refractivity contribution < 1.29 is 18.7 Å². The molecule has 0 spiro atoms. The highest BCUT2D eigenvalue weighted by Crippen LogP contribution is 2.24. The van der Waals surface area contributed by atoms with Crippen LogP contribution in [0.1, 0.15) is 35.3 Å². The minimum atomic E-state index is -0.600. The molecule has 9 heteroatoms. The highest BCUT2D eigenvalue weighted by molar-refractivity contribution is 6.07. The summed E-state index contributed by atoms with van der Waals surface area (Å²) in [5.74, 6) is -0.368. The van der Waals surface area contributed by atoms with E-state index in [1.807, 2.05) is 18.2 Å². The van der Waals surface area contributed by atoms with E-state index in [1.54, 1.807) is 43.2 Å². The summed E-state index contributed by atoms with van der Waals surface area (Å²) in [6, 6.07) is 12.2. The van der Waals surface area contributed by atoms with Crippen LogP contribution in [0.2, 0.25) is 0 Å². The molecule has 180 valence electrons. The molecule has 1 fully saturated rings. The van der Waals surface area contributed by atoms with Crippen LogP contribution in [0.15, 0.2) is 51.7 Å². The molecule has 1 saturated heterocycles. The first kappa shape index (κ1) is 22.6. The molecule has 3 heterocycles. The first-order valence-electron chi connectivity index (χ1n) is 11.6. The number of nitrogens with zero attached hydrogens (tertiary/aromatic N) is 3. The lowest BCUT2D eigenvalue weighted by atomic mass is 10.1. The second kappa shape index (κ2) is 9.25. The number of fused-ring (bicyclic) bond motifs is 2. The molecule has 2 aromatic carbocycles. The number of likely N-dealkylation sites (tertiary alicyclic amines) is 1. The molecule has 0 bridgehead atoms. The van der Waals surface area contributed by atoms with E-state index in [0.29, 0.717) is 46.9 Å². The van der Waals surface area contributed by atoms with Crippen LogP contribution in [-0.2, 0) is 11.3 Å². The Morgan fingerprint density at radius 1 is 1.09 bits per heavy atom. The highest BCUT2D eigenvalue weighted by Gasteiger charge is 2.20. The Labute approximate surface area is 201 Å². The predicted molar refractivity (Wildman–Crippen MR) is 132 cm³/mol.